The summed E-state index contributed by atoms with van der Waals surface area (Å²) in [5.41, 5.74) is 0. The standard InChI is InChI=1S/C19H4S2/c1-3-4-5-6-7-8-9-10-11-12-13-14-15-16-17-18-19-21-20-2/h1H,2H3. The SMILES string of the molecule is C#CC#CC#CC#CC#CC#CC#CC#CC#CSSC. The molecule has 0 bridgehead atoms. The van der Waals surface area contributed by atoms with Crippen LogP contribution in [0.2, 0.25) is 0 Å². The molecule has 0 nitrogen and oxygen atoms in total. The molecular formula is C19H4S2. The fourth-order valence-electron chi connectivity index (χ4n) is 0.530. The van der Waals surface area contributed by atoms with Crippen molar-refractivity contribution in [2.45, 2.75) is 0 Å². The summed E-state index contributed by atoms with van der Waals surface area (Å²) >= 11 is 0. The van der Waals surface area contributed by atoms with Crippen molar-refractivity contribution >= 4 is 21.6 Å². The molecule has 0 N–H and O–H groups in total. The highest BCUT2D eigenvalue weighted by molar-refractivity contribution is 8.78. The van der Waals surface area contributed by atoms with Crippen molar-refractivity contribution < 1.29 is 0 Å². The van der Waals surface area contributed by atoms with Crippen molar-refractivity contribution in [3.05, 3.63) is 0 Å². The van der Waals surface area contributed by atoms with Crippen LogP contribution >= 0.6 is 21.6 Å². The van der Waals surface area contributed by atoms with Crippen molar-refractivity contribution in [3.8, 4) is 106 Å². The van der Waals surface area contributed by atoms with Crippen LogP contribution in [0.1, 0.15) is 0 Å². The molecule has 21 heavy (non-hydrogen) atoms. The molecule has 0 saturated carbocycles. The van der Waals surface area contributed by atoms with E-state index in [0.717, 1.165) is 0 Å². The van der Waals surface area contributed by atoms with Gasteiger partial charge in [-0.25, -0.2) is 0 Å². The Kier molecular flexibility index (Phi) is 14.1. The topological polar surface area (TPSA) is 0 Å². The van der Waals surface area contributed by atoms with E-state index in [1.54, 1.807) is 10.8 Å². The first-order valence-electron chi connectivity index (χ1n) is 5.07. The average Bonchev–Trinajstić information content (AvgIpc) is 2.50. The molecule has 0 heterocycles. The highest BCUT2D eigenvalue weighted by Crippen LogP contribution is 2.13. The fraction of sp³-hybridized carbons (Fsp3) is 0.0526. The second-order valence-electron chi connectivity index (χ2n) is 2.37. The molecule has 0 aromatic carbocycles. The Hall–Kier alpha value is -3.26. The van der Waals surface area contributed by atoms with E-state index in [0.29, 0.717) is 0 Å². The maximum atomic E-state index is 4.90. The Morgan fingerprint density at radius 1 is 0.524 bits per heavy atom. The monoisotopic (exact) mass is 296 g/mol. The summed E-state index contributed by atoms with van der Waals surface area (Å²) in [5.74, 6) is 39.6. The zero-order chi connectivity index (χ0) is 15.4. The second kappa shape index (κ2) is 16.7. The summed E-state index contributed by atoms with van der Waals surface area (Å²) in [6, 6.07) is 0. The number of rotatable bonds is 1. The van der Waals surface area contributed by atoms with E-state index in [9.17, 15) is 0 Å². The highest BCUT2D eigenvalue weighted by Gasteiger charge is 1.66. The van der Waals surface area contributed by atoms with Gasteiger partial charge in [-0.3, -0.25) is 0 Å². The first kappa shape index (κ1) is 17.7. The van der Waals surface area contributed by atoms with Crippen LogP contribution in [-0.4, -0.2) is 6.26 Å². The summed E-state index contributed by atoms with van der Waals surface area (Å²) in [5, 5.41) is 2.77. The molecule has 0 aromatic heterocycles. The van der Waals surface area contributed by atoms with E-state index in [4.69, 9.17) is 6.42 Å². The predicted octanol–water partition coefficient (Wildman–Crippen LogP) is 1.62. The molecule has 0 spiro atoms. The van der Waals surface area contributed by atoms with E-state index >= 15 is 0 Å². The summed E-state index contributed by atoms with van der Waals surface area (Å²) < 4.78 is 0. The lowest BCUT2D eigenvalue weighted by atomic mass is 10.5. The molecule has 0 fully saturated rings. The molecule has 0 aromatic rings. The van der Waals surface area contributed by atoms with Crippen LogP contribution in [0.5, 0.6) is 0 Å². The van der Waals surface area contributed by atoms with Gasteiger partial charge in [0, 0.05) is 0 Å². The molecule has 2 heteroatoms. The Morgan fingerprint density at radius 3 is 1.19 bits per heavy atom. The first-order valence-corrected chi connectivity index (χ1v) is 7.63. The van der Waals surface area contributed by atoms with Gasteiger partial charge in [0.25, 0.3) is 0 Å². The number of hydrogen-bond acceptors (Lipinski definition) is 2. The van der Waals surface area contributed by atoms with Crippen molar-refractivity contribution in [1.29, 1.82) is 0 Å². The van der Waals surface area contributed by atoms with Crippen LogP contribution in [0.4, 0.5) is 0 Å². The van der Waals surface area contributed by atoms with Gasteiger partial charge in [0.2, 0.25) is 0 Å². The van der Waals surface area contributed by atoms with Gasteiger partial charge >= 0.3 is 0 Å². The van der Waals surface area contributed by atoms with Gasteiger partial charge in [-0.1, -0.05) is 10.8 Å². The molecule has 0 amide bonds. The summed E-state index contributed by atoms with van der Waals surface area (Å²) in [6.07, 6.45) is 6.84. The molecule has 0 aliphatic rings. The van der Waals surface area contributed by atoms with Gasteiger partial charge < -0.3 is 0 Å². The zero-order valence-corrected chi connectivity index (χ0v) is 12.5. The molecule has 0 rings (SSSR count). The van der Waals surface area contributed by atoms with Crippen molar-refractivity contribution in [3.63, 3.8) is 0 Å². The largest absolute Gasteiger partial charge is 0.106 e. The smallest absolute Gasteiger partial charge is 0.00000000000000000207 e. The lowest BCUT2D eigenvalue weighted by Gasteiger charge is -1.71. The maximum absolute atomic E-state index is 4.90. The van der Waals surface area contributed by atoms with Crippen molar-refractivity contribution in [2.24, 2.45) is 0 Å². The second-order valence-corrected chi connectivity index (χ2v) is 4.58. The van der Waals surface area contributed by atoms with Crippen molar-refractivity contribution in [2.75, 3.05) is 6.26 Å². The predicted molar refractivity (Wildman–Crippen MR) is 92.1 cm³/mol. The van der Waals surface area contributed by atoms with Crippen LogP contribution in [0.3, 0.4) is 0 Å². The summed E-state index contributed by atoms with van der Waals surface area (Å²) in [7, 11) is 2.97. The van der Waals surface area contributed by atoms with Crippen molar-refractivity contribution in [1.82, 2.24) is 0 Å². The Labute approximate surface area is 134 Å². The number of hydrogen-bond donors (Lipinski definition) is 0. The van der Waals surface area contributed by atoms with E-state index in [1.807, 2.05) is 6.26 Å². The van der Waals surface area contributed by atoms with E-state index in [-0.39, 0.29) is 0 Å². The minimum Gasteiger partial charge on any atom is -0.106 e. The molecule has 0 saturated heterocycles. The Bertz CT molecular complexity index is 897. The lowest BCUT2D eigenvalue weighted by Crippen LogP contribution is -1.56. The van der Waals surface area contributed by atoms with Gasteiger partial charge in [0.15, 0.2) is 0 Å². The van der Waals surface area contributed by atoms with E-state index < -0.39 is 0 Å². The summed E-state index contributed by atoms with van der Waals surface area (Å²) in [6.45, 7) is 0. The van der Waals surface area contributed by atoms with Crippen LogP contribution in [0.15, 0.2) is 0 Å². The minimum atomic E-state index is 1.41. The molecular weight excluding hydrogens is 292 g/mol. The Balaban J connectivity index is 4.27. The normalized spacial score (nSPS) is 4.57. The summed E-state index contributed by atoms with van der Waals surface area (Å²) in [4.78, 5) is 0. The fourth-order valence-corrected chi connectivity index (χ4v) is 1.08. The molecule has 0 aliphatic carbocycles. The van der Waals surface area contributed by atoms with Gasteiger partial charge in [0.05, 0.1) is 0 Å². The van der Waals surface area contributed by atoms with Gasteiger partial charge in [-0.05, 0) is 117 Å². The van der Waals surface area contributed by atoms with Gasteiger partial charge in [0.1, 0.15) is 0 Å². The van der Waals surface area contributed by atoms with Crippen LogP contribution in [0.25, 0.3) is 0 Å². The molecule has 0 atom stereocenters. The minimum absolute atomic E-state index is 1.41. The zero-order valence-electron chi connectivity index (χ0n) is 10.9. The highest BCUT2D eigenvalue weighted by atomic mass is 33.1. The van der Waals surface area contributed by atoms with Gasteiger partial charge in [-0.2, -0.15) is 0 Å². The maximum Gasteiger partial charge on any atom is -0.00000000000000000207 e. The first-order chi connectivity index (χ1) is 10.4. The average molecular weight is 296 g/mol. The van der Waals surface area contributed by atoms with Gasteiger partial charge in [-0.15, -0.1) is 6.42 Å². The van der Waals surface area contributed by atoms with Crippen LogP contribution in [0, 0.1) is 106 Å². The third kappa shape index (κ3) is 16.7. The third-order valence-corrected chi connectivity index (χ3v) is 2.23. The van der Waals surface area contributed by atoms with E-state index in [1.165, 1.54) is 10.8 Å². The van der Waals surface area contributed by atoms with Crippen LogP contribution < -0.4 is 0 Å². The lowest BCUT2D eigenvalue weighted by molar-refractivity contribution is 2.33. The Morgan fingerprint density at radius 2 is 0.857 bits per heavy atom. The quantitative estimate of drug-likeness (QED) is 0.533. The third-order valence-electron chi connectivity index (χ3n) is 1.12. The number of terminal acetylenes is 1. The molecule has 92 valence electrons. The molecule has 0 aliphatic heterocycles. The molecule has 0 radical (unpaired) electrons. The molecule has 0 unspecified atom stereocenters. The van der Waals surface area contributed by atoms with E-state index in [2.05, 4.69) is 100.0 Å². The van der Waals surface area contributed by atoms with Crippen LogP contribution in [-0.2, 0) is 0 Å².